The van der Waals surface area contributed by atoms with Gasteiger partial charge in [0.25, 0.3) is 0 Å². The second-order valence-corrected chi connectivity index (χ2v) is 5.64. The molecule has 5 heteroatoms. The van der Waals surface area contributed by atoms with E-state index >= 15 is 0 Å². The van der Waals surface area contributed by atoms with Gasteiger partial charge in [-0.2, -0.15) is 5.26 Å². The zero-order chi connectivity index (χ0) is 10.6. The van der Waals surface area contributed by atoms with Gasteiger partial charge in [0.2, 0.25) is 0 Å². The number of nitriles is 1. The van der Waals surface area contributed by atoms with Gasteiger partial charge >= 0.3 is 5.97 Å². The van der Waals surface area contributed by atoms with E-state index in [1.165, 1.54) is 7.11 Å². The first kappa shape index (κ1) is 11.5. The minimum Gasteiger partial charge on any atom is -0.465 e. The monoisotopic (exact) mass is 229 g/mol. The van der Waals surface area contributed by atoms with Gasteiger partial charge in [0.1, 0.15) is 6.07 Å². The van der Waals surface area contributed by atoms with Gasteiger partial charge in [-0.1, -0.05) is 6.92 Å². The number of carbonyl (C=O) groups is 1. The fraction of sp³-hybridized carbons (Fsp3) is 0.556. The van der Waals surface area contributed by atoms with E-state index in [1.807, 2.05) is 6.07 Å². The van der Waals surface area contributed by atoms with E-state index in [9.17, 15) is 4.79 Å². The first-order chi connectivity index (χ1) is 6.69. The van der Waals surface area contributed by atoms with Crippen molar-refractivity contribution in [1.29, 1.82) is 5.26 Å². The van der Waals surface area contributed by atoms with Crippen LogP contribution >= 0.6 is 23.5 Å². The van der Waals surface area contributed by atoms with Crippen molar-refractivity contribution in [3.8, 4) is 6.07 Å². The van der Waals surface area contributed by atoms with Crippen molar-refractivity contribution in [2.45, 2.75) is 18.6 Å². The molecule has 1 fully saturated rings. The highest BCUT2D eigenvalue weighted by molar-refractivity contribution is 8.23. The Balaban J connectivity index is 2.88. The zero-order valence-corrected chi connectivity index (χ0v) is 9.70. The summed E-state index contributed by atoms with van der Waals surface area (Å²) in [5, 5.41) is 9.30. The molecular weight excluding hydrogens is 218 g/mol. The molecule has 1 aliphatic rings. The molecule has 0 N–H and O–H groups in total. The molecule has 1 atom stereocenters. The summed E-state index contributed by atoms with van der Waals surface area (Å²) < 4.78 is 5.35. The molecule has 0 amide bonds. The molecule has 14 heavy (non-hydrogen) atoms. The topological polar surface area (TPSA) is 50.1 Å². The average Bonchev–Trinajstić information content (AvgIpc) is 2.19. The van der Waals surface area contributed by atoms with Gasteiger partial charge < -0.3 is 4.74 Å². The van der Waals surface area contributed by atoms with Crippen LogP contribution in [0.5, 0.6) is 0 Å². The van der Waals surface area contributed by atoms with Crippen molar-refractivity contribution in [2.24, 2.45) is 0 Å². The Kier molecular flexibility index (Phi) is 4.36. The highest BCUT2D eigenvalue weighted by Crippen LogP contribution is 2.41. The molecule has 0 aliphatic carbocycles. The maximum absolute atomic E-state index is 11.2. The Hall–Kier alpha value is -0.600. The van der Waals surface area contributed by atoms with Crippen LogP contribution < -0.4 is 0 Å². The molecule has 1 rings (SSSR count). The van der Waals surface area contributed by atoms with E-state index < -0.39 is 5.97 Å². The van der Waals surface area contributed by atoms with E-state index in [4.69, 9.17) is 5.26 Å². The number of nitrogens with zero attached hydrogens (tertiary/aromatic N) is 1. The van der Waals surface area contributed by atoms with Crippen LogP contribution in [0.2, 0.25) is 0 Å². The van der Waals surface area contributed by atoms with E-state index in [2.05, 4.69) is 11.7 Å². The SMILES string of the molecule is COC(=O)/C(C#N)=C1/SCCC(C)S1. The lowest BCUT2D eigenvalue weighted by Gasteiger charge is -2.19. The number of carbonyl (C=O) groups excluding carboxylic acids is 1. The highest BCUT2D eigenvalue weighted by atomic mass is 32.2. The van der Waals surface area contributed by atoms with Crippen LogP contribution in [0.3, 0.4) is 0 Å². The first-order valence-electron chi connectivity index (χ1n) is 4.21. The maximum Gasteiger partial charge on any atom is 0.350 e. The van der Waals surface area contributed by atoms with Gasteiger partial charge in [-0.3, -0.25) is 0 Å². The Bertz CT molecular complexity index is 306. The standard InChI is InChI=1S/C9H11NO2S2/c1-6-3-4-13-9(14-6)7(5-10)8(11)12-2/h6H,3-4H2,1-2H3/b9-7-. The van der Waals surface area contributed by atoms with Crippen molar-refractivity contribution < 1.29 is 9.53 Å². The van der Waals surface area contributed by atoms with Crippen LogP contribution in [0.25, 0.3) is 0 Å². The molecule has 0 aromatic rings. The van der Waals surface area contributed by atoms with E-state index in [-0.39, 0.29) is 5.57 Å². The highest BCUT2D eigenvalue weighted by Gasteiger charge is 2.22. The first-order valence-corrected chi connectivity index (χ1v) is 6.07. The number of thioether (sulfide) groups is 2. The van der Waals surface area contributed by atoms with Crippen LogP contribution in [-0.2, 0) is 9.53 Å². The quantitative estimate of drug-likeness (QED) is 0.392. The molecule has 0 saturated carbocycles. The van der Waals surface area contributed by atoms with Gasteiger partial charge in [-0.15, -0.1) is 23.5 Å². The molecule has 1 saturated heterocycles. The third kappa shape index (κ3) is 2.69. The van der Waals surface area contributed by atoms with Gasteiger partial charge in [-0.25, -0.2) is 4.79 Å². The van der Waals surface area contributed by atoms with Crippen LogP contribution in [-0.4, -0.2) is 24.1 Å². The molecule has 76 valence electrons. The van der Waals surface area contributed by atoms with Crippen LogP contribution in [0.4, 0.5) is 0 Å². The van der Waals surface area contributed by atoms with Crippen molar-refractivity contribution in [3.63, 3.8) is 0 Å². The van der Waals surface area contributed by atoms with Gasteiger partial charge in [0.15, 0.2) is 5.57 Å². The third-order valence-electron chi connectivity index (χ3n) is 1.77. The summed E-state index contributed by atoms with van der Waals surface area (Å²) in [6.07, 6.45) is 1.11. The van der Waals surface area contributed by atoms with Gasteiger partial charge in [0.05, 0.1) is 11.3 Å². The van der Waals surface area contributed by atoms with Crippen molar-refractivity contribution in [1.82, 2.24) is 0 Å². The molecule has 3 nitrogen and oxygen atoms in total. The minimum atomic E-state index is -0.531. The van der Waals surface area contributed by atoms with E-state index in [0.717, 1.165) is 16.4 Å². The predicted octanol–water partition coefficient (Wildman–Crippen LogP) is 2.15. The summed E-state index contributed by atoms with van der Waals surface area (Å²) in [4.78, 5) is 11.2. The van der Waals surface area contributed by atoms with E-state index in [0.29, 0.717) is 5.25 Å². The molecular formula is C9H11NO2S2. The summed E-state index contributed by atoms with van der Waals surface area (Å²) in [6, 6.07) is 1.91. The summed E-state index contributed by atoms with van der Waals surface area (Å²) in [6.45, 7) is 2.09. The molecule has 1 heterocycles. The molecule has 0 aromatic carbocycles. The number of methoxy groups -OCH3 is 1. The second kappa shape index (κ2) is 5.32. The van der Waals surface area contributed by atoms with Crippen LogP contribution in [0, 0.1) is 11.3 Å². The van der Waals surface area contributed by atoms with Crippen molar-refractivity contribution in [3.05, 3.63) is 9.81 Å². The number of hydrogen-bond donors (Lipinski definition) is 0. The Morgan fingerprint density at radius 1 is 1.71 bits per heavy atom. The summed E-state index contributed by atoms with van der Waals surface area (Å²) in [5.41, 5.74) is 0.147. The molecule has 1 aliphatic heterocycles. The lowest BCUT2D eigenvalue weighted by molar-refractivity contribution is -0.135. The summed E-state index contributed by atoms with van der Waals surface area (Å²) >= 11 is 3.14. The predicted molar refractivity (Wildman–Crippen MR) is 58.8 cm³/mol. The van der Waals surface area contributed by atoms with Gasteiger partial charge in [0, 0.05) is 5.25 Å². The molecule has 1 unspecified atom stereocenters. The van der Waals surface area contributed by atoms with Crippen molar-refractivity contribution in [2.75, 3.05) is 12.9 Å². The van der Waals surface area contributed by atoms with Crippen LogP contribution in [0.1, 0.15) is 13.3 Å². The van der Waals surface area contributed by atoms with E-state index in [1.54, 1.807) is 23.5 Å². The number of rotatable bonds is 1. The average molecular weight is 229 g/mol. The molecule has 0 radical (unpaired) electrons. The lowest BCUT2D eigenvalue weighted by atomic mass is 10.3. The fourth-order valence-corrected chi connectivity index (χ4v) is 3.94. The maximum atomic E-state index is 11.2. The second-order valence-electron chi connectivity index (χ2n) is 2.83. The fourth-order valence-electron chi connectivity index (χ4n) is 1.00. The Labute approximate surface area is 91.9 Å². The summed E-state index contributed by atoms with van der Waals surface area (Å²) in [7, 11) is 1.29. The largest absolute Gasteiger partial charge is 0.465 e. The van der Waals surface area contributed by atoms with Crippen molar-refractivity contribution >= 4 is 29.5 Å². The Morgan fingerprint density at radius 3 is 2.93 bits per heavy atom. The minimum absolute atomic E-state index is 0.147. The molecule has 0 bridgehead atoms. The Morgan fingerprint density at radius 2 is 2.43 bits per heavy atom. The molecule has 0 spiro atoms. The zero-order valence-electron chi connectivity index (χ0n) is 8.07. The number of ether oxygens (including phenoxy) is 1. The number of esters is 1. The molecule has 0 aromatic heterocycles. The van der Waals surface area contributed by atoms with Crippen LogP contribution in [0.15, 0.2) is 9.81 Å². The van der Waals surface area contributed by atoms with Gasteiger partial charge in [-0.05, 0) is 12.2 Å². The third-order valence-corrected chi connectivity index (χ3v) is 4.38. The normalized spacial score (nSPS) is 25.1. The number of hydrogen-bond acceptors (Lipinski definition) is 5. The lowest BCUT2D eigenvalue weighted by Crippen LogP contribution is -2.09. The summed E-state index contributed by atoms with van der Waals surface area (Å²) in [5.74, 6) is 0.433. The smallest absolute Gasteiger partial charge is 0.350 e.